The van der Waals surface area contributed by atoms with E-state index in [1.165, 1.54) is 11.1 Å². The smallest absolute Gasteiger partial charge is 0.238 e. The summed E-state index contributed by atoms with van der Waals surface area (Å²) < 4.78 is 0. The van der Waals surface area contributed by atoms with Crippen LogP contribution in [0.4, 0.5) is 5.69 Å². The molecule has 0 aliphatic rings. The summed E-state index contributed by atoms with van der Waals surface area (Å²) in [6, 6.07) is 5.95. The number of carbonyl (C=O) groups excluding carboxylic acids is 1. The Hall–Kier alpha value is -1.39. The van der Waals surface area contributed by atoms with Gasteiger partial charge in [-0.1, -0.05) is 19.9 Å². The summed E-state index contributed by atoms with van der Waals surface area (Å²) >= 11 is 0. The van der Waals surface area contributed by atoms with Crippen molar-refractivity contribution in [2.75, 3.05) is 32.0 Å². The molecule has 1 rings (SSSR count). The van der Waals surface area contributed by atoms with Crippen LogP contribution in [0.15, 0.2) is 18.2 Å². The normalized spacial score (nSPS) is 11.8. The summed E-state index contributed by atoms with van der Waals surface area (Å²) in [6.45, 7) is 10.1. The molecule has 4 heteroatoms. The predicted octanol–water partition coefficient (Wildman–Crippen LogP) is 2.16. The molecular weight excluding hydrogens is 250 g/mol. The number of anilines is 1. The highest BCUT2D eigenvalue weighted by Gasteiger charge is 2.19. The summed E-state index contributed by atoms with van der Waals surface area (Å²) in [5.74, 6) is 0.00331. The summed E-state index contributed by atoms with van der Waals surface area (Å²) in [7, 11) is 1.94. The van der Waals surface area contributed by atoms with E-state index in [0.717, 1.165) is 12.2 Å². The minimum atomic E-state index is 0.00331. The number of nitrogens with zero attached hydrogens (tertiary/aromatic N) is 1. The maximum atomic E-state index is 12.0. The number of nitrogens with one attached hydrogen (secondary N) is 1. The molecule has 0 saturated carbocycles. The van der Waals surface area contributed by atoms with Crippen LogP contribution >= 0.6 is 0 Å². The molecule has 1 aromatic carbocycles. The second kappa shape index (κ2) is 6.86. The molecule has 0 atom stereocenters. The van der Waals surface area contributed by atoms with Gasteiger partial charge in [0.2, 0.25) is 5.91 Å². The van der Waals surface area contributed by atoms with E-state index < -0.39 is 0 Å². The predicted molar refractivity (Wildman–Crippen MR) is 84.9 cm³/mol. The van der Waals surface area contributed by atoms with E-state index >= 15 is 0 Å². The number of likely N-dealkylation sites (N-methyl/N-ethyl adjacent to an activating group) is 1. The average molecular weight is 277 g/mol. The van der Waals surface area contributed by atoms with Crippen molar-refractivity contribution >= 4 is 11.6 Å². The number of carbonyl (C=O) groups is 1. The van der Waals surface area contributed by atoms with Crippen molar-refractivity contribution in [1.82, 2.24) is 4.90 Å². The maximum absolute atomic E-state index is 12.0. The first kappa shape index (κ1) is 16.7. The van der Waals surface area contributed by atoms with Crippen molar-refractivity contribution in [3.05, 3.63) is 29.3 Å². The zero-order valence-electron chi connectivity index (χ0n) is 13.3. The third-order valence-corrected chi connectivity index (χ3v) is 3.45. The molecule has 0 bridgehead atoms. The Labute approximate surface area is 122 Å². The average Bonchev–Trinajstić information content (AvgIpc) is 2.33. The van der Waals surface area contributed by atoms with Crippen molar-refractivity contribution < 1.29 is 4.79 Å². The highest BCUT2D eigenvalue weighted by molar-refractivity contribution is 5.92. The van der Waals surface area contributed by atoms with Crippen LogP contribution < -0.4 is 11.1 Å². The van der Waals surface area contributed by atoms with Crippen LogP contribution in [0.25, 0.3) is 0 Å². The molecule has 3 N–H and O–H groups in total. The van der Waals surface area contributed by atoms with Crippen molar-refractivity contribution in [1.29, 1.82) is 0 Å². The molecule has 1 amide bonds. The van der Waals surface area contributed by atoms with Crippen LogP contribution in [-0.4, -0.2) is 37.5 Å². The summed E-state index contributed by atoms with van der Waals surface area (Å²) in [6.07, 6.45) is 0. The minimum absolute atomic E-state index is 0.00331. The van der Waals surface area contributed by atoms with Crippen LogP contribution in [0.3, 0.4) is 0 Å². The maximum Gasteiger partial charge on any atom is 0.238 e. The Morgan fingerprint density at radius 2 is 1.95 bits per heavy atom. The molecule has 0 aromatic heterocycles. The van der Waals surface area contributed by atoms with Crippen LogP contribution in [0, 0.1) is 19.3 Å². The van der Waals surface area contributed by atoms with Gasteiger partial charge in [0.15, 0.2) is 0 Å². The largest absolute Gasteiger partial charge is 0.330 e. The van der Waals surface area contributed by atoms with Crippen molar-refractivity contribution in [2.45, 2.75) is 27.7 Å². The molecule has 0 heterocycles. The monoisotopic (exact) mass is 277 g/mol. The third kappa shape index (κ3) is 5.31. The number of nitrogens with two attached hydrogens (primary N) is 1. The van der Waals surface area contributed by atoms with E-state index in [9.17, 15) is 4.79 Å². The SMILES string of the molecule is Cc1ccc(NC(=O)CN(C)CC(C)(C)CN)cc1C. The molecule has 4 nitrogen and oxygen atoms in total. The first-order chi connectivity index (χ1) is 9.23. The summed E-state index contributed by atoms with van der Waals surface area (Å²) in [5.41, 5.74) is 8.99. The van der Waals surface area contributed by atoms with Gasteiger partial charge in [-0.2, -0.15) is 0 Å². The third-order valence-electron chi connectivity index (χ3n) is 3.45. The zero-order valence-corrected chi connectivity index (χ0v) is 13.3. The molecular formula is C16H27N3O. The lowest BCUT2D eigenvalue weighted by Gasteiger charge is -2.28. The van der Waals surface area contributed by atoms with Crippen molar-refractivity contribution in [3.63, 3.8) is 0 Å². The van der Waals surface area contributed by atoms with Gasteiger partial charge in [-0.15, -0.1) is 0 Å². The zero-order chi connectivity index (χ0) is 15.3. The van der Waals surface area contributed by atoms with Gasteiger partial charge in [0, 0.05) is 12.2 Å². The first-order valence-corrected chi connectivity index (χ1v) is 6.99. The van der Waals surface area contributed by atoms with E-state index in [2.05, 4.69) is 26.1 Å². The lowest BCUT2D eigenvalue weighted by molar-refractivity contribution is -0.117. The van der Waals surface area contributed by atoms with Gasteiger partial charge in [-0.25, -0.2) is 0 Å². The quantitative estimate of drug-likeness (QED) is 0.837. The Morgan fingerprint density at radius 1 is 1.30 bits per heavy atom. The van der Waals surface area contributed by atoms with Crippen LogP contribution in [0.2, 0.25) is 0 Å². The lowest BCUT2D eigenvalue weighted by atomic mass is 9.93. The van der Waals surface area contributed by atoms with Gasteiger partial charge >= 0.3 is 0 Å². The minimum Gasteiger partial charge on any atom is -0.330 e. The fourth-order valence-electron chi connectivity index (χ4n) is 2.12. The van der Waals surface area contributed by atoms with Crippen molar-refractivity contribution in [2.24, 2.45) is 11.1 Å². The number of benzene rings is 1. The van der Waals surface area contributed by atoms with E-state index in [-0.39, 0.29) is 11.3 Å². The van der Waals surface area contributed by atoms with E-state index in [4.69, 9.17) is 5.73 Å². The van der Waals surface area contributed by atoms with Gasteiger partial charge in [-0.05, 0) is 56.1 Å². The Bertz CT molecular complexity index is 469. The number of hydrogen-bond donors (Lipinski definition) is 2. The second-order valence-electron chi connectivity index (χ2n) is 6.39. The lowest BCUT2D eigenvalue weighted by Crippen LogP contribution is -2.40. The highest BCUT2D eigenvalue weighted by atomic mass is 16.2. The number of hydrogen-bond acceptors (Lipinski definition) is 3. The molecule has 0 saturated heterocycles. The van der Waals surface area contributed by atoms with Gasteiger partial charge in [0.1, 0.15) is 0 Å². The fraction of sp³-hybridized carbons (Fsp3) is 0.562. The molecule has 0 spiro atoms. The van der Waals surface area contributed by atoms with Crippen molar-refractivity contribution in [3.8, 4) is 0 Å². The summed E-state index contributed by atoms with van der Waals surface area (Å²) in [4.78, 5) is 14.0. The molecule has 0 radical (unpaired) electrons. The van der Waals surface area contributed by atoms with E-state index in [1.807, 2.05) is 37.1 Å². The van der Waals surface area contributed by atoms with Crippen LogP contribution in [0.1, 0.15) is 25.0 Å². The van der Waals surface area contributed by atoms with Gasteiger partial charge in [0.25, 0.3) is 0 Å². The van der Waals surface area contributed by atoms with Gasteiger partial charge in [-0.3, -0.25) is 9.69 Å². The van der Waals surface area contributed by atoms with Crippen LogP contribution in [-0.2, 0) is 4.79 Å². The Balaban J connectivity index is 2.53. The number of aryl methyl sites for hydroxylation is 2. The second-order valence-corrected chi connectivity index (χ2v) is 6.39. The van der Waals surface area contributed by atoms with E-state index in [1.54, 1.807) is 0 Å². The molecule has 1 aromatic rings. The Kier molecular flexibility index (Phi) is 5.72. The molecule has 112 valence electrons. The standard InChI is InChI=1S/C16H27N3O/c1-12-6-7-14(8-13(12)2)18-15(20)9-19(5)11-16(3,4)10-17/h6-8H,9-11,17H2,1-5H3,(H,18,20). The van der Waals surface area contributed by atoms with Gasteiger partial charge < -0.3 is 11.1 Å². The van der Waals surface area contributed by atoms with Crippen LogP contribution in [0.5, 0.6) is 0 Å². The number of rotatable bonds is 6. The Morgan fingerprint density at radius 3 is 2.50 bits per heavy atom. The topological polar surface area (TPSA) is 58.4 Å². The molecule has 0 unspecified atom stereocenters. The molecule has 0 aliphatic heterocycles. The highest BCUT2D eigenvalue weighted by Crippen LogP contribution is 2.15. The summed E-state index contributed by atoms with van der Waals surface area (Å²) in [5, 5.41) is 2.93. The molecule has 0 fully saturated rings. The number of amides is 1. The first-order valence-electron chi connectivity index (χ1n) is 6.99. The van der Waals surface area contributed by atoms with Gasteiger partial charge in [0.05, 0.1) is 6.54 Å². The molecule has 0 aliphatic carbocycles. The molecule has 20 heavy (non-hydrogen) atoms. The fourth-order valence-corrected chi connectivity index (χ4v) is 2.12. The van der Waals surface area contributed by atoms with E-state index in [0.29, 0.717) is 13.1 Å².